The molecule has 4 rings (SSSR count). The summed E-state index contributed by atoms with van der Waals surface area (Å²) in [6, 6.07) is 5.45. The molecule has 28 heavy (non-hydrogen) atoms. The number of Topliss-reactive ketones (excluding diaryl/α,β-unsaturated/α-hetero) is 2. The van der Waals surface area contributed by atoms with Gasteiger partial charge >= 0.3 is 0 Å². The number of fused-ring (bicyclic) bond motifs is 1. The van der Waals surface area contributed by atoms with Gasteiger partial charge in [0.05, 0.1) is 16.0 Å². The van der Waals surface area contributed by atoms with E-state index in [0.717, 1.165) is 29.8 Å². The number of aliphatic imine (C=N–C) groups is 1. The standard InChI is InChI=1S/C23H25Cl2NO2/c1-22(2)8-15-20(17(27)10-22)19(12-5-6-13(24)14(25)7-12)21-16(26-15)9-23(3,4)11-18(21)28/h5-7,19-20H,8-11H2,1-4H3/t19-,20?/m0/s1. The van der Waals surface area contributed by atoms with Gasteiger partial charge in [0.1, 0.15) is 5.78 Å². The molecule has 3 nitrogen and oxygen atoms in total. The van der Waals surface area contributed by atoms with Crippen LogP contribution in [0.4, 0.5) is 0 Å². The molecule has 0 bridgehead atoms. The van der Waals surface area contributed by atoms with E-state index in [2.05, 4.69) is 27.7 Å². The third-order valence-electron chi connectivity index (χ3n) is 6.14. The summed E-state index contributed by atoms with van der Waals surface area (Å²) in [4.78, 5) is 31.3. The zero-order chi connectivity index (χ0) is 20.4. The number of nitrogens with zero attached hydrogens (tertiary/aromatic N) is 1. The predicted octanol–water partition coefficient (Wildman–Crippen LogP) is 6.18. The van der Waals surface area contributed by atoms with E-state index in [9.17, 15) is 9.59 Å². The first-order chi connectivity index (χ1) is 13.0. The van der Waals surface area contributed by atoms with Gasteiger partial charge in [0.2, 0.25) is 0 Å². The zero-order valence-corrected chi connectivity index (χ0v) is 18.2. The van der Waals surface area contributed by atoms with Gasteiger partial charge in [-0.1, -0.05) is 57.0 Å². The smallest absolute Gasteiger partial charge is 0.161 e. The number of hydrogen-bond acceptors (Lipinski definition) is 3. The van der Waals surface area contributed by atoms with Crippen molar-refractivity contribution in [1.82, 2.24) is 0 Å². The van der Waals surface area contributed by atoms with Crippen molar-refractivity contribution in [3.63, 3.8) is 0 Å². The van der Waals surface area contributed by atoms with Gasteiger partial charge in [-0.15, -0.1) is 0 Å². The van der Waals surface area contributed by atoms with Crippen molar-refractivity contribution in [2.75, 3.05) is 0 Å². The molecule has 0 aromatic heterocycles. The van der Waals surface area contributed by atoms with Crippen molar-refractivity contribution in [1.29, 1.82) is 0 Å². The Labute approximate surface area is 176 Å². The van der Waals surface area contributed by atoms with Crippen LogP contribution in [0.25, 0.3) is 0 Å². The van der Waals surface area contributed by atoms with Crippen LogP contribution in [0, 0.1) is 16.7 Å². The highest BCUT2D eigenvalue weighted by molar-refractivity contribution is 6.42. The summed E-state index contributed by atoms with van der Waals surface area (Å²) >= 11 is 12.4. The molecule has 148 valence electrons. The topological polar surface area (TPSA) is 46.5 Å². The molecule has 2 atom stereocenters. The van der Waals surface area contributed by atoms with Gasteiger partial charge in [-0.2, -0.15) is 0 Å². The average Bonchev–Trinajstić information content (AvgIpc) is 2.53. The number of hydrogen-bond donors (Lipinski definition) is 0. The summed E-state index contributed by atoms with van der Waals surface area (Å²) in [5.74, 6) is -0.434. The number of benzene rings is 1. The van der Waals surface area contributed by atoms with Crippen molar-refractivity contribution in [2.45, 2.75) is 59.3 Å². The van der Waals surface area contributed by atoms with Gasteiger partial charge in [0, 0.05) is 35.7 Å². The molecule has 2 aliphatic carbocycles. The van der Waals surface area contributed by atoms with E-state index in [1.165, 1.54) is 0 Å². The summed E-state index contributed by atoms with van der Waals surface area (Å²) < 4.78 is 0. The molecule has 1 fully saturated rings. The SMILES string of the molecule is CC1(C)CC(=O)C2C(=NC3=C(C(=O)CC(C)(C)C3)[C@H]2c2ccc(Cl)c(Cl)c2)C1. The molecule has 3 aliphatic rings. The second-order valence-corrected chi connectivity index (χ2v) is 10.8. The van der Waals surface area contributed by atoms with Gasteiger partial charge in [0.25, 0.3) is 0 Å². The molecule has 1 unspecified atom stereocenters. The second kappa shape index (κ2) is 6.53. The number of halogens is 2. The summed E-state index contributed by atoms with van der Waals surface area (Å²) in [5, 5.41) is 0.911. The largest absolute Gasteiger partial charge is 0.299 e. The van der Waals surface area contributed by atoms with E-state index in [4.69, 9.17) is 28.2 Å². The molecule has 0 radical (unpaired) electrons. The lowest BCUT2D eigenvalue weighted by molar-refractivity contribution is -0.124. The van der Waals surface area contributed by atoms with Crippen LogP contribution in [0.1, 0.15) is 64.9 Å². The number of allylic oxidation sites excluding steroid dienone is 2. The number of rotatable bonds is 1. The molecule has 0 N–H and O–H groups in total. The average molecular weight is 418 g/mol. The number of ketones is 2. The zero-order valence-electron chi connectivity index (χ0n) is 16.7. The van der Waals surface area contributed by atoms with E-state index >= 15 is 0 Å². The fourth-order valence-electron chi connectivity index (χ4n) is 5.08. The minimum Gasteiger partial charge on any atom is -0.299 e. The highest BCUT2D eigenvalue weighted by Crippen LogP contribution is 2.51. The molecule has 1 aliphatic heterocycles. The van der Waals surface area contributed by atoms with Crippen LogP contribution in [0.2, 0.25) is 10.0 Å². The minimum absolute atomic E-state index is 0.0998. The Morgan fingerprint density at radius 3 is 2.25 bits per heavy atom. The number of carbonyl (C=O) groups is 2. The lowest BCUT2D eigenvalue weighted by Gasteiger charge is -2.44. The van der Waals surface area contributed by atoms with Crippen LogP contribution in [0.15, 0.2) is 34.5 Å². The second-order valence-electron chi connectivity index (χ2n) is 10.0. The summed E-state index contributed by atoms with van der Waals surface area (Å²) in [6.45, 7) is 8.42. The predicted molar refractivity (Wildman–Crippen MR) is 113 cm³/mol. The number of carbonyl (C=O) groups excluding carboxylic acids is 2. The Morgan fingerprint density at radius 1 is 0.893 bits per heavy atom. The van der Waals surface area contributed by atoms with Crippen molar-refractivity contribution in [3.8, 4) is 0 Å². The Morgan fingerprint density at radius 2 is 1.57 bits per heavy atom. The van der Waals surface area contributed by atoms with Gasteiger partial charge in [-0.3, -0.25) is 14.6 Å². The monoisotopic (exact) mass is 417 g/mol. The molecule has 5 heteroatoms. The van der Waals surface area contributed by atoms with Crippen LogP contribution in [0.3, 0.4) is 0 Å². The first-order valence-electron chi connectivity index (χ1n) is 9.79. The van der Waals surface area contributed by atoms with E-state index < -0.39 is 0 Å². The van der Waals surface area contributed by atoms with Crippen molar-refractivity contribution < 1.29 is 9.59 Å². The Kier molecular flexibility index (Phi) is 4.63. The van der Waals surface area contributed by atoms with Crippen LogP contribution in [-0.4, -0.2) is 17.3 Å². The lowest BCUT2D eigenvalue weighted by Crippen LogP contribution is -2.45. The van der Waals surface area contributed by atoms with Crippen molar-refractivity contribution >= 4 is 40.5 Å². The molecule has 0 spiro atoms. The van der Waals surface area contributed by atoms with Gasteiger partial charge in [-0.25, -0.2) is 0 Å². The molecule has 1 aromatic rings. The van der Waals surface area contributed by atoms with E-state index in [-0.39, 0.29) is 34.2 Å². The molecule has 1 aromatic carbocycles. The van der Waals surface area contributed by atoms with Crippen molar-refractivity contribution in [3.05, 3.63) is 45.1 Å². The van der Waals surface area contributed by atoms with E-state index in [0.29, 0.717) is 28.5 Å². The third kappa shape index (κ3) is 3.37. The maximum Gasteiger partial charge on any atom is 0.161 e. The maximum absolute atomic E-state index is 13.2. The molecule has 1 saturated carbocycles. The molecule has 0 saturated heterocycles. The van der Waals surface area contributed by atoms with E-state index in [1.807, 2.05) is 12.1 Å². The van der Waals surface area contributed by atoms with Crippen LogP contribution < -0.4 is 0 Å². The minimum atomic E-state index is -0.380. The van der Waals surface area contributed by atoms with Crippen LogP contribution in [-0.2, 0) is 9.59 Å². The Bertz CT molecular complexity index is 955. The molecule has 1 heterocycles. The maximum atomic E-state index is 13.2. The molecular formula is C23H25Cl2NO2. The Balaban J connectivity index is 1.92. The van der Waals surface area contributed by atoms with Gasteiger partial charge in [-0.05, 0) is 41.4 Å². The van der Waals surface area contributed by atoms with Gasteiger partial charge < -0.3 is 0 Å². The van der Waals surface area contributed by atoms with E-state index in [1.54, 1.807) is 6.07 Å². The van der Waals surface area contributed by atoms with Crippen LogP contribution in [0.5, 0.6) is 0 Å². The fraction of sp³-hybridized carbons (Fsp3) is 0.522. The first-order valence-corrected chi connectivity index (χ1v) is 10.5. The summed E-state index contributed by atoms with van der Waals surface area (Å²) in [5.41, 5.74) is 3.12. The lowest BCUT2D eigenvalue weighted by atomic mass is 9.60. The highest BCUT2D eigenvalue weighted by Gasteiger charge is 2.49. The van der Waals surface area contributed by atoms with Crippen molar-refractivity contribution in [2.24, 2.45) is 21.7 Å². The summed E-state index contributed by atoms with van der Waals surface area (Å²) in [6.07, 6.45) is 2.49. The molecular weight excluding hydrogens is 393 g/mol. The highest BCUT2D eigenvalue weighted by atomic mass is 35.5. The molecule has 0 amide bonds. The third-order valence-corrected chi connectivity index (χ3v) is 6.88. The van der Waals surface area contributed by atoms with Crippen LogP contribution >= 0.6 is 23.2 Å². The normalized spacial score (nSPS) is 28.6. The first kappa shape index (κ1) is 19.8. The fourth-order valence-corrected chi connectivity index (χ4v) is 5.38. The Hall–Kier alpha value is -1.45. The quantitative estimate of drug-likeness (QED) is 0.547. The van der Waals surface area contributed by atoms with Gasteiger partial charge in [0.15, 0.2) is 5.78 Å². The summed E-state index contributed by atoms with van der Waals surface area (Å²) in [7, 11) is 0.